The first kappa shape index (κ1) is 15.4. The van der Waals surface area contributed by atoms with E-state index in [0.717, 1.165) is 10.0 Å². The van der Waals surface area contributed by atoms with Crippen molar-refractivity contribution in [2.45, 2.75) is 5.54 Å². The average molecular weight is 393 g/mol. The van der Waals surface area contributed by atoms with E-state index in [2.05, 4.69) is 20.9 Å². The van der Waals surface area contributed by atoms with Crippen molar-refractivity contribution in [3.05, 3.63) is 51.7 Å². The SMILES string of the molecule is COc1cc(F)c2c(c1)C1(COCC(N)=N1)c1cc(Br)ccc1O2. The molecule has 2 aliphatic rings. The number of halogens is 2. The molecule has 1 atom stereocenters. The van der Waals surface area contributed by atoms with Gasteiger partial charge in [0, 0.05) is 21.7 Å². The lowest BCUT2D eigenvalue weighted by molar-refractivity contribution is 0.109. The van der Waals surface area contributed by atoms with Crippen LogP contribution in [0, 0.1) is 5.82 Å². The van der Waals surface area contributed by atoms with Crippen molar-refractivity contribution >= 4 is 21.8 Å². The molecule has 2 heterocycles. The maximum absolute atomic E-state index is 14.6. The molecule has 0 radical (unpaired) electrons. The van der Waals surface area contributed by atoms with E-state index >= 15 is 0 Å². The number of ether oxygens (including phenoxy) is 3. The summed E-state index contributed by atoms with van der Waals surface area (Å²) >= 11 is 3.46. The summed E-state index contributed by atoms with van der Waals surface area (Å²) in [5.41, 5.74) is 6.28. The van der Waals surface area contributed by atoms with Crippen molar-refractivity contribution in [2.75, 3.05) is 20.3 Å². The van der Waals surface area contributed by atoms with Crippen molar-refractivity contribution in [2.24, 2.45) is 10.7 Å². The van der Waals surface area contributed by atoms with Crippen molar-refractivity contribution in [3.63, 3.8) is 0 Å². The highest BCUT2D eigenvalue weighted by atomic mass is 79.9. The summed E-state index contributed by atoms with van der Waals surface area (Å²) in [6, 6.07) is 8.49. The lowest BCUT2D eigenvalue weighted by Gasteiger charge is -2.39. The van der Waals surface area contributed by atoms with Gasteiger partial charge in [0.25, 0.3) is 0 Å². The number of amidine groups is 1. The Balaban J connectivity index is 2.06. The van der Waals surface area contributed by atoms with Crippen LogP contribution in [0.1, 0.15) is 11.1 Å². The van der Waals surface area contributed by atoms with Crippen LogP contribution in [0.5, 0.6) is 17.2 Å². The van der Waals surface area contributed by atoms with Gasteiger partial charge in [-0.2, -0.15) is 0 Å². The van der Waals surface area contributed by atoms with E-state index in [-0.39, 0.29) is 19.0 Å². The normalized spacial score (nSPS) is 21.5. The van der Waals surface area contributed by atoms with Crippen LogP contribution in [-0.2, 0) is 10.3 Å². The van der Waals surface area contributed by atoms with Crippen molar-refractivity contribution in [1.29, 1.82) is 0 Å². The first-order valence-electron chi connectivity index (χ1n) is 7.31. The largest absolute Gasteiger partial charge is 0.497 e. The molecule has 2 aromatic rings. The zero-order chi connectivity index (χ0) is 16.9. The van der Waals surface area contributed by atoms with Crippen molar-refractivity contribution in [3.8, 4) is 17.2 Å². The molecule has 0 bridgehead atoms. The van der Waals surface area contributed by atoms with E-state index < -0.39 is 11.4 Å². The fourth-order valence-corrected chi connectivity index (χ4v) is 3.52. The monoisotopic (exact) mass is 392 g/mol. The maximum Gasteiger partial charge on any atom is 0.169 e. The zero-order valence-corrected chi connectivity index (χ0v) is 14.4. The molecule has 0 aromatic heterocycles. The van der Waals surface area contributed by atoms with Gasteiger partial charge in [0.05, 0.1) is 13.7 Å². The second-order valence-corrected chi connectivity index (χ2v) is 6.60. The minimum atomic E-state index is -0.968. The quantitative estimate of drug-likeness (QED) is 0.807. The molecule has 124 valence electrons. The van der Waals surface area contributed by atoms with Crippen LogP contribution in [-0.4, -0.2) is 26.2 Å². The first-order valence-corrected chi connectivity index (χ1v) is 8.10. The lowest BCUT2D eigenvalue weighted by Crippen LogP contribution is -2.42. The summed E-state index contributed by atoms with van der Waals surface area (Å²) in [4.78, 5) is 4.66. The van der Waals surface area contributed by atoms with Gasteiger partial charge in [-0.25, -0.2) is 4.39 Å². The van der Waals surface area contributed by atoms with Gasteiger partial charge in [-0.05, 0) is 24.3 Å². The number of nitrogens with two attached hydrogens (primary N) is 1. The number of fused-ring (bicyclic) bond motifs is 4. The van der Waals surface area contributed by atoms with E-state index in [9.17, 15) is 4.39 Å². The van der Waals surface area contributed by atoms with Gasteiger partial charge < -0.3 is 19.9 Å². The number of benzene rings is 2. The Morgan fingerprint density at radius 2 is 2.12 bits per heavy atom. The molecular formula is C17H14BrFN2O3. The minimum absolute atomic E-state index is 0.118. The van der Waals surface area contributed by atoms with Crippen LogP contribution in [0.3, 0.4) is 0 Å². The van der Waals surface area contributed by atoms with Crippen LogP contribution < -0.4 is 15.2 Å². The highest BCUT2D eigenvalue weighted by Crippen LogP contribution is 2.52. The number of rotatable bonds is 1. The van der Waals surface area contributed by atoms with Gasteiger partial charge >= 0.3 is 0 Å². The van der Waals surface area contributed by atoms with E-state index in [1.54, 1.807) is 12.1 Å². The molecule has 0 saturated heterocycles. The second-order valence-electron chi connectivity index (χ2n) is 5.68. The van der Waals surface area contributed by atoms with Crippen LogP contribution in [0.2, 0.25) is 0 Å². The molecule has 0 fully saturated rings. The minimum Gasteiger partial charge on any atom is -0.497 e. The molecule has 24 heavy (non-hydrogen) atoms. The molecule has 1 unspecified atom stereocenters. The highest BCUT2D eigenvalue weighted by molar-refractivity contribution is 9.10. The molecular weight excluding hydrogens is 379 g/mol. The van der Waals surface area contributed by atoms with Gasteiger partial charge in [-0.3, -0.25) is 4.99 Å². The Hall–Kier alpha value is -2.12. The fourth-order valence-electron chi connectivity index (χ4n) is 3.16. The topological polar surface area (TPSA) is 66.1 Å². The third kappa shape index (κ3) is 2.19. The average Bonchev–Trinajstić information content (AvgIpc) is 2.56. The third-order valence-electron chi connectivity index (χ3n) is 4.19. The molecule has 5 nitrogen and oxygen atoms in total. The van der Waals surface area contributed by atoms with Gasteiger partial charge in [-0.15, -0.1) is 0 Å². The Morgan fingerprint density at radius 3 is 2.88 bits per heavy atom. The van der Waals surface area contributed by atoms with Gasteiger partial charge in [0.1, 0.15) is 29.5 Å². The molecule has 4 rings (SSSR count). The molecule has 0 amide bonds. The standard InChI is InChI=1S/C17H14BrFN2O3/c1-22-10-5-12-16(13(19)6-10)24-14-3-2-9(18)4-11(14)17(12)8-23-7-15(20)21-17/h2-6H,7-8H2,1H3,(H2,20,21). The Labute approximate surface area is 146 Å². The van der Waals surface area contributed by atoms with E-state index in [0.29, 0.717) is 22.9 Å². The van der Waals surface area contributed by atoms with Crippen LogP contribution >= 0.6 is 15.9 Å². The van der Waals surface area contributed by atoms with Crippen molar-refractivity contribution in [1.82, 2.24) is 0 Å². The molecule has 0 saturated carbocycles. The summed E-state index contributed by atoms with van der Waals surface area (Å²) in [5.74, 6) is 0.858. The van der Waals surface area contributed by atoms with Gasteiger partial charge in [0.2, 0.25) is 0 Å². The molecule has 7 heteroatoms. The maximum atomic E-state index is 14.6. The number of hydrogen-bond donors (Lipinski definition) is 1. The number of methoxy groups -OCH3 is 1. The summed E-state index contributed by atoms with van der Waals surface area (Å²) < 4.78 is 32.1. The summed E-state index contributed by atoms with van der Waals surface area (Å²) in [5, 5.41) is 0. The molecule has 2 aromatic carbocycles. The van der Waals surface area contributed by atoms with E-state index in [4.69, 9.17) is 19.9 Å². The highest BCUT2D eigenvalue weighted by Gasteiger charge is 2.46. The number of hydrogen-bond acceptors (Lipinski definition) is 5. The molecule has 2 aliphatic heterocycles. The predicted octanol–water partition coefficient (Wildman–Crippen LogP) is 3.33. The fraction of sp³-hybridized carbons (Fsp3) is 0.235. The number of nitrogens with zero attached hydrogens (tertiary/aromatic N) is 1. The Bertz CT molecular complexity index is 871. The summed E-state index contributed by atoms with van der Waals surface area (Å²) in [7, 11) is 1.48. The van der Waals surface area contributed by atoms with E-state index in [1.165, 1.54) is 13.2 Å². The van der Waals surface area contributed by atoms with Crippen LogP contribution in [0.25, 0.3) is 0 Å². The molecule has 2 N–H and O–H groups in total. The van der Waals surface area contributed by atoms with Crippen molar-refractivity contribution < 1.29 is 18.6 Å². The summed E-state index contributed by atoms with van der Waals surface area (Å²) in [6.45, 7) is 0.480. The predicted molar refractivity (Wildman–Crippen MR) is 90.4 cm³/mol. The Morgan fingerprint density at radius 1 is 1.29 bits per heavy atom. The Kier molecular flexibility index (Phi) is 3.51. The van der Waals surface area contributed by atoms with Crippen LogP contribution in [0.15, 0.2) is 39.8 Å². The smallest absolute Gasteiger partial charge is 0.169 e. The third-order valence-corrected chi connectivity index (χ3v) is 4.69. The van der Waals surface area contributed by atoms with Gasteiger partial charge in [0.15, 0.2) is 11.6 Å². The zero-order valence-electron chi connectivity index (χ0n) is 12.8. The van der Waals surface area contributed by atoms with Crippen LogP contribution in [0.4, 0.5) is 4.39 Å². The van der Waals surface area contributed by atoms with E-state index in [1.807, 2.05) is 12.1 Å². The second kappa shape index (κ2) is 5.46. The lowest BCUT2D eigenvalue weighted by atomic mass is 9.80. The van der Waals surface area contributed by atoms with Gasteiger partial charge in [-0.1, -0.05) is 15.9 Å². The first-order chi connectivity index (χ1) is 11.5. The number of aliphatic imine (C=N–C) groups is 1. The summed E-state index contributed by atoms with van der Waals surface area (Å²) in [6.07, 6.45) is 0. The molecule has 0 aliphatic carbocycles. The molecule has 1 spiro atoms.